The molecule has 0 bridgehead atoms. The van der Waals surface area contributed by atoms with Crippen molar-refractivity contribution < 1.29 is 95.9 Å². The van der Waals surface area contributed by atoms with E-state index < -0.39 is 89.9 Å². The second-order valence-electron chi connectivity index (χ2n) is 31.8. The molecular weight excluding hydrogens is 1650 g/mol. The first-order chi connectivity index (χ1) is 60.5. The van der Waals surface area contributed by atoms with Crippen LogP contribution in [-0.2, 0) is 71.9 Å². The van der Waals surface area contributed by atoms with E-state index in [1.165, 1.54) is 93.0 Å². The van der Waals surface area contributed by atoms with Crippen molar-refractivity contribution >= 4 is 119 Å². The molecule has 25 amide bonds. The lowest BCUT2D eigenvalue weighted by Crippen LogP contribution is -2.61. The number of hydrogen-bond donors (Lipinski definition) is 15. The summed E-state index contributed by atoms with van der Waals surface area (Å²) in [4.78, 5) is 238. The molecule has 5 heterocycles. The van der Waals surface area contributed by atoms with Gasteiger partial charge in [0.15, 0.2) is 0 Å². The molecular formula is C87H146N20O20. The lowest BCUT2D eigenvalue weighted by molar-refractivity contribution is -0.134. The monoisotopic (exact) mass is 1790 g/mol. The highest BCUT2D eigenvalue weighted by Gasteiger charge is 2.37. The van der Waals surface area contributed by atoms with E-state index in [9.17, 15) is 95.9 Å². The molecule has 5 rings (SSSR count). The van der Waals surface area contributed by atoms with Crippen molar-refractivity contribution in [3.8, 4) is 0 Å². The van der Waals surface area contributed by atoms with Gasteiger partial charge in [-0.05, 0) is 88.9 Å². The Hall–Kier alpha value is -11.6. The standard InChI is InChI=1S/C21H34N4O4.2C19H32N4O4.2C14H24N4O4/c1-3-4-5-6-7-8-9-10-11-12-13-18(26)22-15-14-19(27)24-17-16-23-21(29)25(2)20(17)28;1-14(2)9-7-5-4-6-8-10-16(24)20-12-11-17(25)22-15-13-21-19(27)23(3)18(15)26;1-3-4-5-6-7-8-9-10-11-16(24)20-13-12-17(25)22-15-14-21-19(27)23(2)18(15)26;1-9(2)4-5-11(19)15-7-6-12(20)17-10-8-16-14(22)18(3)13(10)21;1-3-4-5-6-11(19)15-8-7-12(20)17-10-9-16-14(22)18(2)13(10)21/h7-8,10-11,17H,3-6,9,12-16H2,1-2H3,(H,22,26)(H,23,29)(H,24,27);4,6,14-15H,5,7-13H2,1-3H3,(H,20,24)(H,21,27)(H,22,25);8-9,15H,3-7,10-14H2,1-2H3,(H,20,24)(H,21,27)(H,22,25);9-10H,4-8H2,1-3H3,(H,15,19)(H,16,22)(H,17,20);10H,3-9H2,1-2H3,(H,15,19)(H,16,22)(H,17,20)/b8-7-,11-10-;6-4-;9-8-;;/t17-;2*15-;2*10-/m11111/s1. The van der Waals surface area contributed by atoms with Gasteiger partial charge >= 0.3 is 30.2 Å². The summed E-state index contributed by atoms with van der Waals surface area (Å²) >= 11 is 0. The highest BCUT2D eigenvalue weighted by Crippen LogP contribution is 2.11. The van der Waals surface area contributed by atoms with Crippen molar-refractivity contribution in [1.82, 2.24) is 104 Å². The van der Waals surface area contributed by atoms with Crippen molar-refractivity contribution in [3.05, 3.63) is 48.6 Å². The minimum Gasteiger partial charge on any atom is -0.356 e. The number of carbonyl (C=O) groups excluding carboxylic acids is 20. The van der Waals surface area contributed by atoms with E-state index >= 15 is 0 Å². The van der Waals surface area contributed by atoms with E-state index in [-0.39, 0.29) is 157 Å². The fourth-order valence-electron chi connectivity index (χ4n) is 12.0. The van der Waals surface area contributed by atoms with Crippen LogP contribution in [0.1, 0.15) is 241 Å². The number of likely N-dealkylation sites (N-methyl/N-ethyl adjacent to an activating group) is 5. The van der Waals surface area contributed by atoms with Crippen molar-refractivity contribution in [3.63, 3.8) is 0 Å². The van der Waals surface area contributed by atoms with E-state index in [0.29, 0.717) is 57.3 Å². The number of allylic oxidation sites excluding steroid dienone is 8. The first kappa shape index (κ1) is 113. The number of nitrogens with zero attached hydrogens (tertiary/aromatic N) is 5. The minimum atomic E-state index is -0.772. The molecule has 127 heavy (non-hydrogen) atoms. The van der Waals surface area contributed by atoms with Crippen LogP contribution in [0.3, 0.4) is 0 Å². The summed E-state index contributed by atoms with van der Waals surface area (Å²) in [6, 6.07) is -6.21. The number of carbonyl (C=O) groups is 20. The molecule has 0 saturated carbocycles. The Balaban J connectivity index is 0.000000797. The van der Waals surface area contributed by atoms with Gasteiger partial charge < -0.3 is 79.8 Å². The Bertz CT molecular complexity index is 3680. The predicted molar refractivity (Wildman–Crippen MR) is 477 cm³/mol. The van der Waals surface area contributed by atoms with Crippen LogP contribution in [-0.4, -0.2) is 274 Å². The summed E-state index contributed by atoms with van der Waals surface area (Å²) in [7, 11) is 6.77. The SMILES string of the molecule is CC(C)CCC(=O)NCCC(=O)N[C@@H]1CNC(=O)N(C)C1=O.CC(C)CCC/C=C\CCC(=O)NCCC(=O)N[C@@H]1CNC(=O)N(C)C1=O.CCCCC/C=C\C/C=C\CCC(=O)NCCC(=O)N[C@@H]1CNC(=O)N(C)C1=O.CCCCCC(=O)NCCC(=O)N[C@@H]1CNC(=O)N(C)C1=O.CCCCCC/C=C\CCC(=O)NCCC(=O)N[C@@H]1CNC(=O)N(C)C1=O. The van der Waals surface area contributed by atoms with Gasteiger partial charge in [0.2, 0.25) is 59.1 Å². The first-order valence-corrected chi connectivity index (χ1v) is 44.7. The van der Waals surface area contributed by atoms with E-state index in [4.69, 9.17) is 0 Å². The van der Waals surface area contributed by atoms with E-state index in [1.807, 2.05) is 38.2 Å². The normalized spacial score (nSPS) is 17.5. The highest BCUT2D eigenvalue weighted by atomic mass is 16.2. The number of rotatable bonds is 51. The Morgan fingerprint density at radius 3 is 0.787 bits per heavy atom. The maximum atomic E-state index is 11.9. The van der Waals surface area contributed by atoms with Crippen LogP contribution in [0.15, 0.2) is 48.6 Å². The Morgan fingerprint density at radius 1 is 0.276 bits per heavy atom. The third kappa shape index (κ3) is 52.8. The second-order valence-corrected chi connectivity index (χ2v) is 31.8. The van der Waals surface area contributed by atoms with Crippen molar-refractivity contribution in [1.29, 1.82) is 0 Å². The second kappa shape index (κ2) is 67.7. The zero-order valence-corrected chi connectivity index (χ0v) is 76.8. The number of nitrogens with one attached hydrogen (secondary N) is 15. The van der Waals surface area contributed by atoms with Gasteiger partial charge in [-0.3, -0.25) is 96.4 Å². The molecule has 40 nitrogen and oxygen atoms in total. The smallest absolute Gasteiger partial charge is 0.323 e. The summed E-state index contributed by atoms with van der Waals surface area (Å²) < 4.78 is 0. The first-order valence-electron chi connectivity index (χ1n) is 44.7. The van der Waals surface area contributed by atoms with Crippen LogP contribution in [0.4, 0.5) is 24.0 Å². The lowest BCUT2D eigenvalue weighted by Gasteiger charge is -2.29. The lowest BCUT2D eigenvalue weighted by atomic mass is 10.1. The molecule has 40 heteroatoms. The summed E-state index contributed by atoms with van der Waals surface area (Å²) in [5, 5.41) is 38.8. The van der Waals surface area contributed by atoms with E-state index in [0.717, 1.165) is 81.8 Å². The van der Waals surface area contributed by atoms with Crippen LogP contribution >= 0.6 is 0 Å². The van der Waals surface area contributed by atoms with Crippen molar-refractivity contribution in [2.24, 2.45) is 11.8 Å². The number of hydrogen-bond acceptors (Lipinski definition) is 20. The van der Waals surface area contributed by atoms with Gasteiger partial charge in [-0.15, -0.1) is 0 Å². The highest BCUT2D eigenvalue weighted by molar-refractivity contribution is 6.04. The molecule has 0 unspecified atom stereocenters. The fraction of sp³-hybridized carbons (Fsp3) is 0.678. The van der Waals surface area contributed by atoms with Gasteiger partial charge in [0.05, 0.1) is 0 Å². The molecule has 0 radical (unpaired) electrons. The molecule has 5 aliphatic heterocycles. The van der Waals surface area contributed by atoms with Gasteiger partial charge in [-0.2, -0.15) is 0 Å². The molecule has 714 valence electrons. The third-order valence-electron chi connectivity index (χ3n) is 19.9. The summed E-state index contributed by atoms with van der Waals surface area (Å²) in [6.07, 6.45) is 40.0. The van der Waals surface area contributed by atoms with Gasteiger partial charge in [0, 0.05) is 165 Å². The van der Waals surface area contributed by atoms with Gasteiger partial charge in [0.25, 0.3) is 29.5 Å². The van der Waals surface area contributed by atoms with Gasteiger partial charge in [0.1, 0.15) is 30.2 Å². The average Bonchev–Trinajstić information content (AvgIpc) is 0.868. The fourth-order valence-corrected chi connectivity index (χ4v) is 12.0. The van der Waals surface area contributed by atoms with Crippen molar-refractivity contribution in [2.45, 2.75) is 271 Å². The maximum absolute atomic E-state index is 11.9. The molecule has 0 spiro atoms. The van der Waals surface area contributed by atoms with Crippen molar-refractivity contribution in [2.75, 3.05) is 101 Å². The average molecular weight is 1790 g/mol. The van der Waals surface area contributed by atoms with Gasteiger partial charge in [-0.25, -0.2) is 24.0 Å². The quantitative estimate of drug-likeness (QED) is 0.0300. The topological polar surface area (TPSA) is 538 Å². The van der Waals surface area contributed by atoms with Gasteiger partial charge in [-0.1, -0.05) is 148 Å². The number of unbranched alkanes of at least 4 members (excludes halogenated alkanes) is 10. The van der Waals surface area contributed by atoms with E-state index in [1.54, 1.807) is 0 Å². The molecule has 5 saturated heterocycles. The third-order valence-corrected chi connectivity index (χ3v) is 19.9. The Labute approximate surface area is 748 Å². The van der Waals surface area contributed by atoms with Crippen LogP contribution in [0, 0.1) is 11.8 Å². The van der Waals surface area contributed by atoms with Crippen LogP contribution in [0.5, 0.6) is 0 Å². The molecule has 0 aliphatic carbocycles. The molecule has 15 N–H and O–H groups in total. The van der Waals surface area contributed by atoms with E-state index in [2.05, 4.69) is 139 Å². The summed E-state index contributed by atoms with van der Waals surface area (Å²) in [5.74, 6) is -3.23. The van der Waals surface area contributed by atoms with Crippen LogP contribution in [0.25, 0.3) is 0 Å². The minimum absolute atomic E-state index is 0.0676. The molecule has 0 aromatic rings. The zero-order chi connectivity index (χ0) is 95.0. The number of imide groups is 5. The van der Waals surface area contributed by atoms with Crippen LogP contribution < -0.4 is 79.8 Å². The summed E-state index contributed by atoms with van der Waals surface area (Å²) in [6.45, 7) is 16.4. The Kier molecular flexibility index (Phi) is 60.4. The number of amides is 25. The predicted octanol–water partition coefficient (Wildman–Crippen LogP) is 4.14. The maximum Gasteiger partial charge on any atom is 0.323 e. The zero-order valence-electron chi connectivity index (χ0n) is 76.8. The molecule has 5 fully saturated rings. The largest absolute Gasteiger partial charge is 0.356 e. The van der Waals surface area contributed by atoms with Crippen LogP contribution in [0.2, 0.25) is 0 Å². The Morgan fingerprint density at radius 2 is 0.504 bits per heavy atom. The molecule has 0 aromatic carbocycles. The molecule has 0 aromatic heterocycles. The molecule has 5 atom stereocenters. The number of urea groups is 5. The molecule has 5 aliphatic rings. The summed E-state index contributed by atoms with van der Waals surface area (Å²) in [5.41, 5.74) is 0.